The second-order valence-corrected chi connectivity index (χ2v) is 5.40. The largest absolute Gasteiger partial charge is 0.339 e. The van der Waals surface area contributed by atoms with Gasteiger partial charge in [-0.3, -0.25) is 9.59 Å². The normalized spacial score (nSPS) is 15.5. The van der Waals surface area contributed by atoms with Crippen LogP contribution in [0.1, 0.15) is 13.8 Å². The van der Waals surface area contributed by atoms with Crippen LogP contribution in [0.4, 0.5) is 0 Å². The minimum Gasteiger partial charge on any atom is -0.339 e. The number of piperazine rings is 1. The molecule has 1 aliphatic rings. The summed E-state index contributed by atoms with van der Waals surface area (Å²) >= 11 is 1.34. The lowest BCUT2D eigenvalue weighted by Crippen LogP contribution is -2.50. The number of nitrogens with zero attached hydrogens (tertiary/aromatic N) is 6. The van der Waals surface area contributed by atoms with Gasteiger partial charge in [0.15, 0.2) is 0 Å². The van der Waals surface area contributed by atoms with Crippen LogP contribution in [0.15, 0.2) is 5.16 Å². The molecular weight excluding hydrogens is 280 g/mol. The van der Waals surface area contributed by atoms with E-state index in [0.29, 0.717) is 43.6 Å². The number of carbonyl (C=O) groups is 2. The zero-order valence-electron chi connectivity index (χ0n) is 11.7. The van der Waals surface area contributed by atoms with Crippen molar-refractivity contribution >= 4 is 23.6 Å². The Balaban J connectivity index is 1.80. The molecule has 0 unspecified atom stereocenters. The molecule has 0 N–H and O–H groups in total. The lowest BCUT2D eigenvalue weighted by molar-refractivity contribution is -0.136. The molecule has 0 spiro atoms. The van der Waals surface area contributed by atoms with Gasteiger partial charge >= 0.3 is 0 Å². The van der Waals surface area contributed by atoms with Gasteiger partial charge in [-0.25, -0.2) is 4.68 Å². The van der Waals surface area contributed by atoms with Gasteiger partial charge in [-0.05, 0) is 17.4 Å². The maximum Gasteiger partial charge on any atom is 0.233 e. The average Bonchev–Trinajstić information content (AvgIpc) is 2.92. The summed E-state index contributed by atoms with van der Waals surface area (Å²) in [7, 11) is 0. The van der Waals surface area contributed by atoms with Crippen molar-refractivity contribution in [3.63, 3.8) is 0 Å². The summed E-state index contributed by atoms with van der Waals surface area (Å²) in [5, 5.41) is 11.9. The molecule has 0 saturated carbocycles. The molecule has 0 aliphatic carbocycles. The first-order chi connectivity index (χ1) is 9.61. The van der Waals surface area contributed by atoms with E-state index in [4.69, 9.17) is 0 Å². The number of aromatic nitrogens is 4. The first kappa shape index (κ1) is 14.8. The number of tetrazole rings is 1. The van der Waals surface area contributed by atoms with Gasteiger partial charge in [0, 0.05) is 39.6 Å². The van der Waals surface area contributed by atoms with Crippen molar-refractivity contribution in [2.75, 3.05) is 31.9 Å². The first-order valence-electron chi connectivity index (χ1n) is 6.54. The smallest absolute Gasteiger partial charge is 0.233 e. The van der Waals surface area contributed by atoms with Crippen LogP contribution < -0.4 is 0 Å². The number of carbonyl (C=O) groups excluding carboxylic acids is 2. The minimum absolute atomic E-state index is 0.0591. The third-order valence-electron chi connectivity index (χ3n) is 3.20. The molecule has 0 aromatic carbocycles. The van der Waals surface area contributed by atoms with Crippen molar-refractivity contribution in [1.29, 1.82) is 0 Å². The lowest BCUT2D eigenvalue weighted by atomic mass is 10.3. The van der Waals surface area contributed by atoms with Gasteiger partial charge in [-0.1, -0.05) is 11.8 Å². The van der Waals surface area contributed by atoms with Crippen LogP contribution in [0.5, 0.6) is 0 Å². The Bertz CT molecular complexity index is 483. The number of aryl methyl sites for hydroxylation is 1. The summed E-state index contributed by atoms with van der Waals surface area (Å²) < 4.78 is 1.66. The SMILES string of the molecule is CCn1nnnc1SCC(=O)N1CCN(C(C)=O)CC1. The summed E-state index contributed by atoms with van der Waals surface area (Å²) in [6, 6.07) is 0. The van der Waals surface area contributed by atoms with E-state index in [1.165, 1.54) is 11.8 Å². The summed E-state index contributed by atoms with van der Waals surface area (Å²) in [5.41, 5.74) is 0. The highest BCUT2D eigenvalue weighted by Crippen LogP contribution is 2.14. The molecule has 0 atom stereocenters. The fourth-order valence-corrected chi connectivity index (χ4v) is 2.83. The topological polar surface area (TPSA) is 84.2 Å². The van der Waals surface area contributed by atoms with Crippen LogP contribution in [0, 0.1) is 0 Å². The van der Waals surface area contributed by atoms with E-state index in [1.807, 2.05) is 6.92 Å². The number of thioether (sulfide) groups is 1. The molecular formula is C11H18N6O2S. The Labute approximate surface area is 121 Å². The van der Waals surface area contributed by atoms with Crippen LogP contribution in [-0.4, -0.2) is 73.8 Å². The number of rotatable bonds is 4. The van der Waals surface area contributed by atoms with Crippen molar-refractivity contribution in [3.8, 4) is 0 Å². The molecule has 9 heteroatoms. The van der Waals surface area contributed by atoms with Crippen LogP contribution in [0.2, 0.25) is 0 Å². The quantitative estimate of drug-likeness (QED) is 0.695. The first-order valence-corrected chi connectivity index (χ1v) is 7.52. The van der Waals surface area contributed by atoms with Gasteiger partial charge in [0.2, 0.25) is 17.0 Å². The Hall–Kier alpha value is -1.64. The predicted octanol–water partition coefficient (Wildman–Crippen LogP) is -0.524. The molecule has 110 valence electrons. The number of hydrogen-bond acceptors (Lipinski definition) is 6. The third kappa shape index (κ3) is 3.47. The highest BCUT2D eigenvalue weighted by atomic mass is 32.2. The van der Waals surface area contributed by atoms with E-state index < -0.39 is 0 Å². The van der Waals surface area contributed by atoms with E-state index in [-0.39, 0.29) is 11.8 Å². The fraction of sp³-hybridized carbons (Fsp3) is 0.727. The van der Waals surface area contributed by atoms with E-state index in [1.54, 1.807) is 21.4 Å². The standard InChI is InChI=1S/C11H18N6O2S/c1-3-17-11(12-13-14-17)20-8-10(19)16-6-4-15(5-7-16)9(2)18/h3-8H2,1-2H3. The maximum atomic E-state index is 12.1. The molecule has 1 aliphatic heterocycles. The van der Waals surface area contributed by atoms with Crippen molar-refractivity contribution in [3.05, 3.63) is 0 Å². The van der Waals surface area contributed by atoms with Gasteiger partial charge in [-0.15, -0.1) is 5.10 Å². The van der Waals surface area contributed by atoms with Crippen LogP contribution >= 0.6 is 11.8 Å². The monoisotopic (exact) mass is 298 g/mol. The minimum atomic E-state index is 0.0591. The predicted molar refractivity (Wildman–Crippen MR) is 73.0 cm³/mol. The Morgan fingerprint density at radius 2 is 1.85 bits per heavy atom. The molecule has 1 saturated heterocycles. The van der Waals surface area contributed by atoms with Crippen molar-refractivity contribution < 1.29 is 9.59 Å². The molecule has 20 heavy (non-hydrogen) atoms. The molecule has 8 nitrogen and oxygen atoms in total. The highest BCUT2D eigenvalue weighted by Gasteiger charge is 2.22. The van der Waals surface area contributed by atoms with E-state index in [0.717, 1.165) is 0 Å². The number of amides is 2. The third-order valence-corrected chi connectivity index (χ3v) is 4.14. The Kier molecular flexibility index (Phi) is 4.94. The van der Waals surface area contributed by atoms with Gasteiger partial charge in [0.05, 0.1) is 5.75 Å². The molecule has 0 bridgehead atoms. The Morgan fingerprint density at radius 3 is 2.45 bits per heavy atom. The van der Waals surface area contributed by atoms with Crippen LogP contribution in [0.3, 0.4) is 0 Å². The molecule has 1 fully saturated rings. The molecule has 2 amide bonds. The van der Waals surface area contributed by atoms with Crippen molar-refractivity contribution in [1.82, 2.24) is 30.0 Å². The Morgan fingerprint density at radius 1 is 1.20 bits per heavy atom. The van der Waals surface area contributed by atoms with Crippen molar-refractivity contribution in [2.24, 2.45) is 0 Å². The second-order valence-electron chi connectivity index (χ2n) is 4.45. The zero-order valence-corrected chi connectivity index (χ0v) is 12.5. The molecule has 2 rings (SSSR count). The molecule has 0 radical (unpaired) electrons. The average molecular weight is 298 g/mol. The van der Waals surface area contributed by atoms with Gasteiger partial charge in [0.25, 0.3) is 0 Å². The molecule has 1 aromatic heterocycles. The summed E-state index contributed by atoms with van der Waals surface area (Å²) in [6.45, 7) is 6.59. The van der Waals surface area contributed by atoms with Gasteiger partial charge in [0.1, 0.15) is 0 Å². The van der Waals surface area contributed by atoms with E-state index >= 15 is 0 Å². The zero-order chi connectivity index (χ0) is 14.5. The number of hydrogen-bond donors (Lipinski definition) is 0. The van der Waals surface area contributed by atoms with Gasteiger partial charge < -0.3 is 9.80 Å². The summed E-state index contributed by atoms with van der Waals surface area (Å²) in [5.74, 6) is 0.443. The maximum absolute atomic E-state index is 12.1. The molecule has 2 heterocycles. The molecule has 1 aromatic rings. The lowest BCUT2D eigenvalue weighted by Gasteiger charge is -2.34. The van der Waals surface area contributed by atoms with E-state index in [9.17, 15) is 9.59 Å². The van der Waals surface area contributed by atoms with E-state index in [2.05, 4.69) is 15.5 Å². The van der Waals surface area contributed by atoms with Crippen molar-refractivity contribution in [2.45, 2.75) is 25.5 Å². The van der Waals surface area contributed by atoms with Gasteiger partial charge in [-0.2, -0.15) is 0 Å². The second kappa shape index (κ2) is 6.69. The fourth-order valence-electron chi connectivity index (χ4n) is 1.99. The highest BCUT2D eigenvalue weighted by molar-refractivity contribution is 7.99. The van der Waals surface area contributed by atoms with Crippen LogP contribution in [0.25, 0.3) is 0 Å². The summed E-state index contributed by atoms with van der Waals surface area (Å²) in [6.07, 6.45) is 0. The van der Waals surface area contributed by atoms with Crippen LogP contribution in [-0.2, 0) is 16.1 Å². The summed E-state index contributed by atoms with van der Waals surface area (Å²) in [4.78, 5) is 26.9.